The van der Waals surface area contributed by atoms with Crippen molar-refractivity contribution in [3.63, 3.8) is 0 Å². The van der Waals surface area contributed by atoms with Crippen molar-refractivity contribution in [3.05, 3.63) is 53.8 Å². The Hall–Kier alpha value is -4.01. The van der Waals surface area contributed by atoms with Crippen LogP contribution in [0.25, 0.3) is 11.0 Å². The molecule has 0 fully saturated rings. The lowest BCUT2D eigenvalue weighted by Gasteiger charge is -2.16. The molecule has 0 saturated heterocycles. The predicted molar refractivity (Wildman–Crippen MR) is 128 cm³/mol. The second kappa shape index (κ2) is 13.0. The molecule has 0 N–H and O–H groups in total. The Bertz CT molecular complexity index is 1160. The van der Waals surface area contributed by atoms with Crippen molar-refractivity contribution in [2.45, 2.75) is 33.8 Å². The van der Waals surface area contributed by atoms with E-state index in [0.717, 1.165) is 10.9 Å². The van der Waals surface area contributed by atoms with Crippen LogP contribution >= 0.6 is 0 Å². The van der Waals surface area contributed by atoms with Crippen molar-refractivity contribution in [3.8, 4) is 17.2 Å². The first-order valence-electron chi connectivity index (χ1n) is 11.0. The number of carbonyl (C=O) groups is 3. The Morgan fingerprint density at radius 2 is 1.46 bits per heavy atom. The van der Waals surface area contributed by atoms with Gasteiger partial charge in [0.2, 0.25) is 5.76 Å². The summed E-state index contributed by atoms with van der Waals surface area (Å²) in [6, 6.07) is 12.3. The number of esters is 2. The number of para-hydroxylation sites is 3. The molecular weight excluding hydrogens is 456 g/mol. The molecule has 3 aromatic rings. The van der Waals surface area contributed by atoms with Crippen LogP contribution in [0, 0.1) is 6.92 Å². The van der Waals surface area contributed by atoms with E-state index >= 15 is 0 Å². The van der Waals surface area contributed by atoms with Gasteiger partial charge < -0.3 is 28.1 Å². The van der Waals surface area contributed by atoms with Crippen LogP contribution in [-0.4, -0.2) is 51.3 Å². The molecule has 0 radical (unpaired) electrons. The van der Waals surface area contributed by atoms with Gasteiger partial charge in [-0.2, -0.15) is 0 Å². The molecule has 9 heteroatoms. The summed E-state index contributed by atoms with van der Waals surface area (Å²) in [6.07, 6.45) is -1.26. The average molecular weight is 487 g/mol. The number of furan rings is 1. The minimum absolute atomic E-state index is 0.192. The van der Waals surface area contributed by atoms with E-state index in [2.05, 4.69) is 0 Å². The van der Waals surface area contributed by atoms with Crippen molar-refractivity contribution in [2.24, 2.45) is 0 Å². The van der Waals surface area contributed by atoms with Crippen LogP contribution in [-0.2, 0) is 19.1 Å². The van der Waals surface area contributed by atoms with Gasteiger partial charge >= 0.3 is 11.9 Å². The standard InChI is InChI=1S/C13H16O5.C13H14O4/c1-4-17-13(15)12(9(2)14)18-11-8-6-5-7-10(11)16-3;1-4-16-13(14)11-8(2)9-6-5-7-10(15-3)12(9)17-11/h5-8,12H,4H2,1-3H3;5-7H,4H2,1-3H3. The molecule has 0 aliphatic carbocycles. The molecule has 0 aliphatic heterocycles. The molecule has 0 spiro atoms. The van der Waals surface area contributed by atoms with E-state index in [9.17, 15) is 14.4 Å². The molecule has 35 heavy (non-hydrogen) atoms. The molecule has 1 heterocycles. The normalized spacial score (nSPS) is 11.0. The minimum atomic E-state index is -1.26. The van der Waals surface area contributed by atoms with E-state index < -0.39 is 23.8 Å². The van der Waals surface area contributed by atoms with Crippen molar-refractivity contribution in [1.29, 1.82) is 0 Å². The van der Waals surface area contributed by atoms with Gasteiger partial charge in [0.25, 0.3) is 6.10 Å². The number of carbonyl (C=O) groups excluding carboxylic acids is 3. The number of ether oxygens (including phenoxy) is 5. The Morgan fingerprint density at radius 3 is 2.03 bits per heavy atom. The third kappa shape index (κ3) is 6.75. The number of ketones is 1. The first-order chi connectivity index (χ1) is 16.8. The molecule has 3 rings (SSSR count). The molecule has 1 aromatic heterocycles. The van der Waals surface area contributed by atoms with E-state index in [0.29, 0.717) is 29.4 Å². The first-order valence-corrected chi connectivity index (χ1v) is 11.0. The Balaban J connectivity index is 0.000000247. The quantitative estimate of drug-likeness (QED) is 0.318. The number of fused-ring (bicyclic) bond motifs is 1. The summed E-state index contributed by atoms with van der Waals surface area (Å²) < 4.78 is 30.9. The highest BCUT2D eigenvalue weighted by Gasteiger charge is 2.27. The number of aryl methyl sites for hydroxylation is 1. The summed E-state index contributed by atoms with van der Waals surface area (Å²) >= 11 is 0. The van der Waals surface area contributed by atoms with Crippen LogP contribution in [0.4, 0.5) is 0 Å². The van der Waals surface area contributed by atoms with Crippen molar-refractivity contribution in [2.75, 3.05) is 27.4 Å². The SMILES string of the molecule is CCOC(=O)C(Oc1ccccc1OC)C(C)=O.CCOC(=O)c1oc2c(OC)cccc2c1C. The monoisotopic (exact) mass is 486 g/mol. The van der Waals surface area contributed by atoms with E-state index in [1.807, 2.05) is 19.1 Å². The van der Waals surface area contributed by atoms with Gasteiger partial charge in [0.15, 0.2) is 28.6 Å². The van der Waals surface area contributed by atoms with Gasteiger partial charge in [-0.15, -0.1) is 0 Å². The fourth-order valence-electron chi connectivity index (χ4n) is 3.13. The maximum Gasteiger partial charge on any atom is 0.374 e. The van der Waals surface area contributed by atoms with Gasteiger partial charge in [0.1, 0.15) is 0 Å². The maximum absolute atomic E-state index is 11.7. The molecule has 1 atom stereocenters. The van der Waals surface area contributed by atoms with E-state index in [1.54, 1.807) is 51.3 Å². The lowest BCUT2D eigenvalue weighted by Crippen LogP contribution is -2.35. The molecule has 2 aromatic carbocycles. The van der Waals surface area contributed by atoms with Gasteiger partial charge in [0.05, 0.1) is 27.4 Å². The summed E-state index contributed by atoms with van der Waals surface area (Å²) in [7, 11) is 3.05. The fraction of sp³-hybridized carbons (Fsp3) is 0.346. The third-order valence-corrected chi connectivity index (χ3v) is 4.79. The van der Waals surface area contributed by atoms with E-state index in [4.69, 9.17) is 28.1 Å². The van der Waals surface area contributed by atoms with Gasteiger partial charge in [-0.3, -0.25) is 4.79 Å². The molecule has 188 valence electrons. The maximum atomic E-state index is 11.7. The highest BCUT2D eigenvalue weighted by Crippen LogP contribution is 2.32. The van der Waals surface area contributed by atoms with Crippen LogP contribution in [0.2, 0.25) is 0 Å². The van der Waals surface area contributed by atoms with E-state index in [1.165, 1.54) is 14.0 Å². The van der Waals surface area contributed by atoms with Crippen LogP contribution in [0.5, 0.6) is 17.2 Å². The number of rotatable bonds is 9. The van der Waals surface area contributed by atoms with Crippen LogP contribution in [0.1, 0.15) is 36.9 Å². The smallest absolute Gasteiger partial charge is 0.374 e. The third-order valence-electron chi connectivity index (χ3n) is 4.79. The van der Waals surface area contributed by atoms with Crippen molar-refractivity contribution >= 4 is 28.7 Å². The van der Waals surface area contributed by atoms with E-state index in [-0.39, 0.29) is 12.4 Å². The highest BCUT2D eigenvalue weighted by atomic mass is 16.6. The molecule has 0 saturated carbocycles. The number of hydrogen-bond donors (Lipinski definition) is 0. The Morgan fingerprint density at radius 1 is 0.857 bits per heavy atom. The summed E-state index contributed by atoms with van der Waals surface area (Å²) in [6.45, 7) is 7.05. The number of methoxy groups -OCH3 is 2. The first kappa shape index (κ1) is 27.2. The molecular formula is C26H30O9. The van der Waals surface area contributed by atoms with Gasteiger partial charge in [0, 0.05) is 10.9 Å². The summed E-state index contributed by atoms with van der Waals surface area (Å²) in [5.74, 6) is 0.0762. The minimum Gasteiger partial charge on any atom is -0.493 e. The average Bonchev–Trinajstić information content (AvgIpc) is 3.20. The summed E-state index contributed by atoms with van der Waals surface area (Å²) in [4.78, 5) is 34.7. The predicted octanol–water partition coefficient (Wildman–Crippen LogP) is 4.52. The van der Waals surface area contributed by atoms with Crippen LogP contribution in [0.15, 0.2) is 46.9 Å². The number of benzene rings is 2. The zero-order valence-corrected chi connectivity index (χ0v) is 20.7. The molecule has 0 bridgehead atoms. The Labute approximate surface area is 203 Å². The molecule has 9 nitrogen and oxygen atoms in total. The van der Waals surface area contributed by atoms with Gasteiger partial charge in [-0.25, -0.2) is 9.59 Å². The number of Topliss-reactive ketones (excluding diaryl/α,β-unsaturated/α-hetero) is 1. The van der Waals surface area contributed by atoms with Gasteiger partial charge in [-0.05, 0) is 45.9 Å². The molecule has 0 amide bonds. The largest absolute Gasteiger partial charge is 0.493 e. The lowest BCUT2D eigenvalue weighted by molar-refractivity contribution is -0.155. The second-order valence-corrected chi connectivity index (χ2v) is 7.13. The Kier molecular flexibility index (Phi) is 10.1. The van der Waals surface area contributed by atoms with Crippen LogP contribution in [0.3, 0.4) is 0 Å². The molecule has 1 unspecified atom stereocenters. The van der Waals surface area contributed by atoms with Crippen molar-refractivity contribution in [1.82, 2.24) is 0 Å². The van der Waals surface area contributed by atoms with Gasteiger partial charge in [-0.1, -0.05) is 24.3 Å². The lowest BCUT2D eigenvalue weighted by atomic mass is 10.1. The fourth-order valence-corrected chi connectivity index (χ4v) is 3.13. The topological polar surface area (TPSA) is 110 Å². The van der Waals surface area contributed by atoms with Crippen LogP contribution < -0.4 is 14.2 Å². The zero-order valence-electron chi connectivity index (χ0n) is 20.7. The zero-order chi connectivity index (χ0) is 26.0. The molecule has 0 aliphatic rings. The highest BCUT2D eigenvalue weighted by molar-refractivity contribution is 6.01. The summed E-state index contributed by atoms with van der Waals surface area (Å²) in [5.41, 5.74) is 1.35. The summed E-state index contributed by atoms with van der Waals surface area (Å²) in [5, 5.41) is 0.868. The second-order valence-electron chi connectivity index (χ2n) is 7.13. The van der Waals surface area contributed by atoms with Crippen molar-refractivity contribution < 1.29 is 42.5 Å². The number of hydrogen-bond acceptors (Lipinski definition) is 9.